The summed E-state index contributed by atoms with van der Waals surface area (Å²) in [5.74, 6) is -0.619. The van der Waals surface area contributed by atoms with E-state index < -0.39 is 5.97 Å². The highest BCUT2D eigenvalue weighted by molar-refractivity contribution is 5.86. The molecule has 2 aromatic heterocycles. The van der Waals surface area contributed by atoms with Gasteiger partial charge in [-0.15, -0.1) is 5.10 Å². The maximum atomic E-state index is 11.0. The Kier molecular flexibility index (Phi) is 1.89. The van der Waals surface area contributed by atoms with E-state index in [0.29, 0.717) is 11.6 Å². The van der Waals surface area contributed by atoms with Gasteiger partial charge in [0.1, 0.15) is 5.69 Å². The Bertz CT molecular complexity index is 559. The van der Waals surface area contributed by atoms with Crippen LogP contribution < -0.4 is 0 Å². The predicted octanol–water partition coefficient (Wildman–Crippen LogP) is 1.09. The zero-order valence-electron chi connectivity index (χ0n) is 8.50. The van der Waals surface area contributed by atoms with Crippen molar-refractivity contribution in [2.75, 3.05) is 0 Å². The standard InChI is InChI=1S/C10H10N4O2/c15-10(16)7-4-5-11-9-8(6-2-1-3-6)12-13-14(7)9/h4-6H,1-3H2,(H,15,16). The van der Waals surface area contributed by atoms with Crippen LogP contribution >= 0.6 is 0 Å². The third kappa shape index (κ3) is 1.19. The van der Waals surface area contributed by atoms with E-state index in [1.807, 2.05) is 0 Å². The molecule has 0 unspecified atom stereocenters. The molecule has 2 heterocycles. The summed E-state index contributed by atoms with van der Waals surface area (Å²) in [6.45, 7) is 0. The van der Waals surface area contributed by atoms with Crippen LogP contribution in [0.15, 0.2) is 12.3 Å². The van der Waals surface area contributed by atoms with Gasteiger partial charge in [-0.3, -0.25) is 0 Å². The summed E-state index contributed by atoms with van der Waals surface area (Å²) in [7, 11) is 0. The molecule has 6 heteroatoms. The smallest absolute Gasteiger partial charge is 0.354 e. The van der Waals surface area contributed by atoms with Gasteiger partial charge < -0.3 is 5.11 Å². The van der Waals surface area contributed by atoms with Crippen molar-refractivity contribution in [1.82, 2.24) is 19.8 Å². The van der Waals surface area contributed by atoms with Gasteiger partial charge in [0.25, 0.3) is 0 Å². The first-order valence-corrected chi connectivity index (χ1v) is 5.21. The van der Waals surface area contributed by atoms with Gasteiger partial charge in [-0.2, -0.15) is 4.52 Å². The molecule has 0 aliphatic heterocycles. The quantitative estimate of drug-likeness (QED) is 0.816. The van der Waals surface area contributed by atoms with Gasteiger partial charge >= 0.3 is 5.97 Å². The second-order valence-electron chi connectivity index (χ2n) is 3.97. The molecule has 0 bridgehead atoms. The van der Waals surface area contributed by atoms with Crippen LogP contribution in [0.4, 0.5) is 0 Å². The zero-order chi connectivity index (χ0) is 11.1. The van der Waals surface area contributed by atoms with Crippen LogP contribution in [0.2, 0.25) is 0 Å². The molecule has 0 saturated heterocycles. The van der Waals surface area contributed by atoms with Gasteiger partial charge in [-0.25, -0.2) is 9.78 Å². The number of hydrogen-bond acceptors (Lipinski definition) is 4. The molecule has 0 atom stereocenters. The van der Waals surface area contributed by atoms with Gasteiger partial charge in [0, 0.05) is 12.1 Å². The molecule has 3 rings (SSSR count). The summed E-state index contributed by atoms with van der Waals surface area (Å²) in [4.78, 5) is 15.1. The second-order valence-corrected chi connectivity index (χ2v) is 3.97. The SMILES string of the molecule is O=C(O)c1ccnc2c(C3CCC3)nnn12. The average Bonchev–Trinajstić information content (AvgIpc) is 2.59. The minimum atomic E-state index is -1.02. The van der Waals surface area contributed by atoms with Crippen LogP contribution in [0, 0.1) is 0 Å². The third-order valence-electron chi connectivity index (χ3n) is 3.04. The number of rotatable bonds is 2. The number of carboxylic acids is 1. The van der Waals surface area contributed by atoms with E-state index in [-0.39, 0.29) is 5.69 Å². The van der Waals surface area contributed by atoms with Crippen LogP contribution in [0.5, 0.6) is 0 Å². The fourth-order valence-corrected chi connectivity index (χ4v) is 1.93. The maximum Gasteiger partial charge on any atom is 0.354 e. The summed E-state index contributed by atoms with van der Waals surface area (Å²) in [5, 5.41) is 16.9. The van der Waals surface area contributed by atoms with Gasteiger partial charge in [-0.05, 0) is 18.9 Å². The number of nitrogens with zero attached hydrogens (tertiary/aromatic N) is 4. The molecule has 1 fully saturated rings. The van der Waals surface area contributed by atoms with Crippen molar-refractivity contribution in [1.29, 1.82) is 0 Å². The first-order chi connectivity index (χ1) is 7.77. The van der Waals surface area contributed by atoms with E-state index in [1.54, 1.807) is 0 Å². The van der Waals surface area contributed by atoms with Crippen molar-refractivity contribution in [3.05, 3.63) is 23.7 Å². The van der Waals surface area contributed by atoms with E-state index in [0.717, 1.165) is 18.5 Å². The Morgan fingerprint density at radius 1 is 1.50 bits per heavy atom. The molecule has 0 amide bonds. The number of carbonyl (C=O) groups is 1. The van der Waals surface area contributed by atoms with Crippen molar-refractivity contribution >= 4 is 11.6 Å². The molecule has 82 valence electrons. The Labute approximate surface area is 90.9 Å². The number of carboxylic acid groups (broad SMARTS) is 1. The third-order valence-corrected chi connectivity index (χ3v) is 3.04. The molecule has 0 radical (unpaired) electrons. The normalized spacial score (nSPS) is 16.2. The molecule has 1 N–H and O–H groups in total. The Morgan fingerprint density at radius 3 is 2.94 bits per heavy atom. The lowest BCUT2D eigenvalue weighted by Crippen LogP contribution is -2.11. The topological polar surface area (TPSA) is 80.4 Å². The molecule has 1 aliphatic rings. The Balaban J connectivity index is 2.19. The fraction of sp³-hybridized carbons (Fsp3) is 0.400. The first kappa shape index (κ1) is 9.26. The summed E-state index contributed by atoms with van der Waals surface area (Å²) < 4.78 is 1.30. The number of hydrogen-bond donors (Lipinski definition) is 1. The molecule has 1 aliphatic carbocycles. The van der Waals surface area contributed by atoms with Crippen LogP contribution in [-0.4, -0.2) is 30.9 Å². The van der Waals surface area contributed by atoms with Gasteiger partial charge in [0.2, 0.25) is 0 Å². The lowest BCUT2D eigenvalue weighted by atomic mass is 9.83. The predicted molar refractivity (Wildman–Crippen MR) is 54.3 cm³/mol. The highest BCUT2D eigenvalue weighted by Crippen LogP contribution is 2.36. The zero-order valence-corrected chi connectivity index (χ0v) is 8.50. The molecule has 16 heavy (non-hydrogen) atoms. The van der Waals surface area contributed by atoms with Crippen LogP contribution in [0.25, 0.3) is 5.65 Å². The number of fused-ring (bicyclic) bond motifs is 1. The first-order valence-electron chi connectivity index (χ1n) is 5.21. The van der Waals surface area contributed by atoms with E-state index in [9.17, 15) is 4.79 Å². The molecular weight excluding hydrogens is 208 g/mol. The van der Waals surface area contributed by atoms with Gasteiger partial charge in [-0.1, -0.05) is 11.6 Å². The van der Waals surface area contributed by atoms with Crippen LogP contribution in [0.1, 0.15) is 41.4 Å². The van der Waals surface area contributed by atoms with E-state index >= 15 is 0 Å². The van der Waals surface area contributed by atoms with Crippen molar-refractivity contribution in [3.8, 4) is 0 Å². The van der Waals surface area contributed by atoms with Crippen molar-refractivity contribution in [2.45, 2.75) is 25.2 Å². The average molecular weight is 218 g/mol. The minimum Gasteiger partial charge on any atom is -0.477 e. The Hall–Kier alpha value is -1.98. The number of aromatic carboxylic acids is 1. The summed E-state index contributed by atoms with van der Waals surface area (Å²) >= 11 is 0. The monoisotopic (exact) mass is 218 g/mol. The lowest BCUT2D eigenvalue weighted by Gasteiger charge is -2.22. The van der Waals surface area contributed by atoms with Crippen molar-refractivity contribution in [3.63, 3.8) is 0 Å². The van der Waals surface area contributed by atoms with E-state index in [1.165, 1.54) is 23.2 Å². The van der Waals surface area contributed by atoms with Gasteiger partial charge in [0.15, 0.2) is 11.3 Å². The van der Waals surface area contributed by atoms with Crippen molar-refractivity contribution < 1.29 is 9.90 Å². The second kappa shape index (κ2) is 3.26. The van der Waals surface area contributed by atoms with Crippen LogP contribution in [0.3, 0.4) is 0 Å². The number of aromatic nitrogens is 4. The molecule has 0 spiro atoms. The summed E-state index contributed by atoms with van der Waals surface area (Å²) in [6, 6.07) is 1.43. The summed E-state index contributed by atoms with van der Waals surface area (Å²) in [6.07, 6.45) is 4.87. The molecule has 0 aromatic carbocycles. The molecule has 6 nitrogen and oxygen atoms in total. The lowest BCUT2D eigenvalue weighted by molar-refractivity contribution is 0.0687. The fourth-order valence-electron chi connectivity index (χ4n) is 1.93. The highest BCUT2D eigenvalue weighted by atomic mass is 16.4. The molecular formula is C10H10N4O2. The summed E-state index contributed by atoms with van der Waals surface area (Å²) in [5.41, 5.74) is 1.50. The van der Waals surface area contributed by atoms with Gasteiger partial charge in [0.05, 0.1) is 0 Å². The van der Waals surface area contributed by atoms with Crippen molar-refractivity contribution in [2.24, 2.45) is 0 Å². The van der Waals surface area contributed by atoms with E-state index in [2.05, 4.69) is 15.3 Å². The minimum absolute atomic E-state index is 0.100. The largest absolute Gasteiger partial charge is 0.477 e. The van der Waals surface area contributed by atoms with Crippen LogP contribution in [-0.2, 0) is 0 Å². The molecule has 2 aromatic rings. The highest BCUT2D eigenvalue weighted by Gasteiger charge is 2.26. The maximum absolute atomic E-state index is 11.0. The molecule has 1 saturated carbocycles. The Morgan fingerprint density at radius 2 is 2.31 bits per heavy atom. The van der Waals surface area contributed by atoms with E-state index in [4.69, 9.17) is 5.11 Å².